The number of aldehydes is 1. The fourth-order valence-electron chi connectivity index (χ4n) is 5.58. The van der Waals surface area contributed by atoms with Gasteiger partial charge in [0.05, 0.1) is 17.0 Å². The minimum absolute atomic E-state index is 0.0804. The molecule has 0 spiro atoms. The average molecular weight is 541 g/mol. The molecule has 0 N–H and O–H groups in total. The molecule has 198 valence electrons. The van der Waals surface area contributed by atoms with Crippen molar-refractivity contribution in [2.24, 2.45) is 0 Å². The minimum atomic E-state index is -0.0804. The summed E-state index contributed by atoms with van der Waals surface area (Å²) < 4.78 is 0. The highest BCUT2D eigenvalue weighted by Gasteiger charge is 2.32. The van der Waals surface area contributed by atoms with Gasteiger partial charge < -0.3 is 0 Å². The zero-order valence-electron chi connectivity index (χ0n) is 22.6. The molecule has 0 unspecified atom stereocenters. The van der Waals surface area contributed by atoms with Crippen molar-refractivity contribution < 1.29 is 9.59 Å². The lowest BCUT2D eigenvalue weighted by atomic mass is 9.89. The Bertz CT molecular complexity index is 1940. The summed E-state index contributed by atoms with van der Waals surface area (Å²) in [6.45, 7) is 0. The molecule has 1 heterocycles. The smallest absolute Gasteiger partial charge is 0.198 e. The third-order valence-electron chi connectivity index (χ3n) is 7.58. The second kappa shape index (κ2) is 10.7. The Morgan fingerprint density at radius 2 is 1.02 bits per heavy atom. The van der Waals surface area contributed by atoms with Crippen LogP contribution in [0, 0.1) is 0 Å². The molecule has 6 aromatic rings. The fraction of sp³-hybridized carbons (Fsp3) is 0. The first-order valence-electron chi connectivity index (χ1n) is 13.8. The van der Waals surface area contributed by atoms with E-state index in [0.29, 0.717) is 33.9 Å². The first-order valence-corrected chi connectivity index (χ1v) is 13.8. The van der Waals surface area contributed by atoms with Crippen molar-refractivity contribution in [2.75, 3.05) is 0 Å². The highest BCUT2D eigenvalue weighted by atomic mass is 16.1. The summed E-state index contributed by atoms with van der Waals surface area (Å²) >= 11 is 0. The predicted octanol–water partition coefficient (Wildman–Crippen LogP) is 8.18. The molecule has 0 bridgehead atoms. The second-order valence-corrected chi connectivity index (χ2v) is 10.1. The highest BCUT2D eigenvalue weighted by Crippen LogP contribution is 2.41. The van der Waals surface area contributed by atoms with Crippen LogP contribution in [0.2, 0.25) is 0 Å². The quantitative estimate of drug-likeness (QED) is 0.121. The van der Waals surface area contributed by atoms with Gasteiger partial charge >= 0.3 is 0 Å². The fourth-order valence-corrected chi connectivity index (χ4v) is 5.58. The van der Waals surface area contributed by atoms with Gasteiger partial charge in [0, 0.05) is 27.8 Å². The number of carbonyl (C=O) groups excluding carboxylic acids is 2. The Hall–Kier alpha value is -5.74. The molecule has 0 saturated carbocycles. The number of rotatable bonds is 6. The molecule has 4 heteroatoms. The Balaban J connectivity index is 1.40. The van der Waals surface area contributed by atoms with Crippen LogP contribution < -0.4 is 0 Å². The molecule has 0 aliphatic heterocycles. The van der Waals surface area contributed by atoms with Crippen LogP contribution in [-0.2, 0) is 4.79 Å². The second-order valence-electron chi connectivity index (χ2n) is 10.1. The molecule has 0 amide bonds. The molecule has 0 atom stereocenters. The topological polar surface area (TPSA) is 59.9 Å². The van der Waals surface area contributed by atoms with E-state index in [1.165, 1.54) is 0 Å². The van der Waals surface area contributed by atoms with E-state index < -0.39 is 0 Å². The van der Waals surface area contributed by atoms with Crippen LogP contribution in [-0.4, -0.2) is 22.0 Å². The number of hydrogen-bond donors (Lipinski definition) is 0. The summed E-state index contributed by atoms with van der Waals surface area (Å²) in [5, 5.41) is 0. The van der Waals surface area contributed by atoms with Crippen molar-refractivity contribution in [1.29, 1.82) is 0 Å². The van der Waals surface area contributed by atoms with Crippen LogP contribution in [0.15, 0.2) is 140 Å². The molecular weight excluding hydrogens is 516 g/mol. The Labute approximate surface area is 243 Å². The van der Waals surface area contributed by atoms with Gasteiger partial charge in [0.1, 0.15) is 0 Å². The van der Waals surface area contributed by atoms with Crippen LogP contribution in [0.1, 0.15) is 32.6 Å². The lowest BCUT2D eigenvalue weighted by molar-refractivity contribution is -0.103. The molecule has 7 rings (SSSR count). The van der Waals surface area contributed by atoms with E-state index in [2.05, 4.69) is 0 Å². The van der Waals surface area contributed by atoms with Gasteiger partial charge in [0.2, 0.25) is 0 Å². The highest BCUT2D eigenvalue weighted by molar-refractivity contribution is 6.24. The Morgan fingerprint density at radius 1 is 0.500 bits per heavy atom. The van der Waals surface area contributed by atoms with Crippen LogP contribution in [0.3, 0.4) is 0 Å². The lowest BCUT2D eigenvalue weighted by Gasteiger charge is -2.14. The summed E-state index contributed by atoms with van der Waals surface area (Å²) in [7, 11) is 0. The molecule has 1 aliphatic rings. The van der Waals surface area contributed by atoms with E-state index >= 15 is 0 Å². The van der Waals surface area contributed by atoms with E-state index in [0.717, 1.165) is 45.2 Å². The van der Waals surface area contributed by atoms with E-state index in [-0.39, 0.29) is 5.78 Å². The monoisotopic (exact) mass is 540 g/mol. The van der Waals surface area contributed by atoms with Gasteiger partial charge in [-0.25, -0.2) is 9.97 Å². The van der Waals surface area contributed by atoms with Crippen molar-refractivity contribution in [3.8, 4) is 33.9 Å². The Kier molecular flexibility index (Phi) is 6.42. The van der Waals surface area contributed by atoms with Gasteiger partial charge in [-0.2, -0.15) is 0 Å². The molecule has 0 fully saturated rings. The molecule has 1 aromatic heterocycles. The number of carbonyl (C=O) groups is 2. The predicted molar refractivity (Wildman–Crippen MR) is 167 cm³/mol. The number of ketones is 1. The van der Waals surface area contributed by atoms with Crippen molar-refractivity contribution in [3.05, 3.63) is 167 Å². The Morgan fingerprint density at radius 3 is 1.62 bits per heavy atom. The SMILES string of the molecule is O=CC(=C(c1ccccc1)c1ccccc1)c1ccc(-c2nc(-c3ccccc3)nc3c2C(=O)c2ccccc2-3)cc1. The summed E-state index contributed by atoms with van der Waals surface area (Å²) in [5.74, 6) is 0.477. The number of nitrogens with zero attached hydrogens (tertiary/aromatic N) is 2. The minimum Gasteiger partial charge on any atom is -0.298 e. The van der Waals surface area contributed by atoms with Gasteiger partial charge in [0.15, 0.2) is 17.9 Å². The van der Waals surface area contributed by atoms with Gasteiger partial charge in [-0.15, -0.1) is 0 Å². The molecule has 42 heavy (non-hydrogen) atoms. The maximum absolute atomic E-state index is 13.6. The van der Waals surface area contributed by atoms with Crippen molar-refractivity contribution >= 4 is 23.2 Å². The zero-order valence-corrected chi connectivity index (χ0v) is 22.6. The first-order chi connectivity index (χ1) is 20.7. The summed E-state index contributed by atoms with van der Waals surface area (Å²) in [4.78, 5) is 36.1. The maximum Gasteiger partial charge on any atom is 0.198 e. The average Bonchev–Trinajstić information content (AvgIpc) is 3.36. The van der Waals surface area contributed by atoms with Crippen molar-refractivity contribution in [2.45, 2.75) is 0 Å². The third kappa shape index (κ3) is 4.36. The van der Waals surface area contributed by atoms with Crippen LogP contribution in [0.5, 0.6) is 0 Å². The summed E-state index contributed by atoms with van der Waals surface area (Å²) in [6, 6.07) is 44.9. The van der Waals surface area contributed by atoms with Crippen LogP contribution in [0.25, 0.3) is 45.0 Å². The van der Waals surface area contributed by atoms with Crippen LogP contribution in [0.4, 0.5) is 0 Å². The normalized spacial score (nSPS) is 11.5. The molecule has 5 aromatic carbocycles. The van der Waals surface area contributed by atoms with Crippen LogP contribution >= 0.6 is 0 Å². The number of hydrogen-bond acceptors (Lipinski definition) is 4. The first kappa shape index (κ1) is 25.2. The third-order valence-corrected chi connectivity index (χ3v) is 7.58. The van der Waals surface area contributed by atoms with Gasteiger partial charge in [0.25, 0.3) is 0 Å². The van der Waals surface area contributed by atoms with E-state index in [9.17, 15) is 9.59 Å². The van der Waals surface area contributed by atoms with E-state index in [1.54, 1.807) is 0 Å². The lowest BCUT2D eigenvalue weighted by Crippen LogP contribution is -2.04. The number of allylic oxidation sites excluding steroid dienone is 1. The molecular formula is C38H24N2O2. The molecule has 0 radical (unpaired) electrons. The summed E-state index contributed by atoms with van der Waals surface area (Å²) in [6.07, 6.45) is 0.917. The number of benzene rings is 5. The number of aromatic nitrogens is 2. The zero-order chi connectivity index (χ0) is 28.5. The number of fused-ring (bicyclic) bond motifs is 3. The van der Waals surface area contributed by atoms with Crippen molar-refractivity contribution in [1.82, 2.24) is 9.97 Å². The van der Waals surface area contributed by atoms with Gasteiger partial charge in [-0.1, -0.05) is 140 Å². The molecule has 1 aliphatic carbocycles. The van der Waals surface area contributed by atoms with Gasteiger partial charge in [-0.3, -0.25) is 9.59 Å². The van der Waals surface area contributed by atoms with E-state index in [1.807, 2.05) is 140 Å². The van der Waals surface area contributed by atoms with Crippen molar-refractivity contribution in [3.63, 3.8) is 0 Å². The van der Waals surface area contributed by atoms with E-state index in [4.69, 9.17) is 9.97 Å². The summed E-state index contributed by atoms with van der Waals surface area (Å²) in [5.41, 5.74) is 8.96. The maximum atomic E-state index is 13.6. The molecule has 0 saturated heterocycles. The largest absolute Gasteiger partial charge is 0.298 e. The standard InChI is InChI=1S/C38H24N2O2/c41-24-32(33(26-12-4-1-5-13-26)27-14-6-2-7-15-27)25-20-22-28(23-21-25)35-34-36(30-18-10-11-19-31(30)37(34)42)40-38(39-35)29-16-8-3-9-17-29/h1-24H. The van der Waals surface area contributed by atoms with Gasteiger partial charge in [-0.05, 0) is 22.3 Å². The molecule has 4 nitrogen and oxygen atoms in total.